The highest BCUT2D eigenvalue weighted by Gasteiger charge is 1.91. The number of nitrogens with one attached hydrogen (secondary N) is 2. The zero-order valence-corrected chi connectivity index (χ0v) is 7.52. The maximum atomic E-state index is 10.1. The molecule has 0 aromatic heterocycles. The van der Waals surface area contributed by atoms with Gasteiger partial charge in [-0.05, 0) is 43.3 Å². The van der Waals surface area contributed by atoms with E-state index < -0.39 is 0 Å². The van der Waals surface area contributed by atoms with Crippen LogP contribution in [0.15, 0.2) is 29.2 Å². The van der Waals surface area contributed by atoms with Crippen LogP contribution >= 0.6 is 11.9 Å². The number of rotatable bonds is 4. The van der Waals surface area contributed by atoms with E-state index in [0.717, 1.165) is 10.6 Å². The maximum absolute atomic E-state index is 10.1. The topological polar surface area (TPSA) is 41.1 Å². The highest BCUT2D eigenvalue weighted by Crippen LogP contribution is 2.16. The molecule has 0 aliphatic heterocycles. The molecule has 0 spiro atoms. The molecule has 0 aliphatic rings. The van der Waals surface area contributed by atoms with Crippen LogP contribution in [0, 0.1) is 0 Å². The monoisotopic (exact) mass is 182 g/mol. The Bertz CT molecular complexity index is 248. The smallest absolute Gasteiger partial charge is 0.211 e. The molecule has 0 bridgehead atoms. The fourth-order valence-corrected chi connectivity index (χ4v) is 1.31. The third-order valence-electron chi connectivity index (χ3n) is 1.30. The molecule has 0 saturated carbocycles. The molecule has 0 fully saturated rings. The van der Waals surface area contributed by atoms with Gasteiger partial charge in [-0.3, -0.25) is 9.52 Å². The lowest BCUT2D eigenvalue weighted by Crippen LogP contribution is -1.94. The molecule has 4 heteroatoms. The van der Waals surface area contributed by atoms with E-state index in [0.29, 0.717) is 6.41 Å². The van der Waals surface area contributed by atoms with Crippen LogP contribution in [-0.2, 0) is 4.79 Å². The van der Waals surface area contributed by atoms with Crippen molar-refractivity contribution in [2.75, 3.05) is 12.4 Å². The number of benzene rings is 1. The first-order valence-corrected chi connectivity index (χ1v) is 4.32. The van der Waals surface area contributed by atoms with Crippen LogP contribution in [0.25, 0.3) is 0 Å². The normalized spacial score (nSPS) is 9.42. The fraction of sp³-hybridized carbons (Fsp3) is 0.125. The molecule has 0 radical (unpaired) electrons. The van der Waals surface area contributed by atoms with Crippen molar-refractivity contribution in [3.05, 3.63) is 24.3 Å². The second-order valence-corrected chi connectivity index (χ2v) is 3.18. The van der Waals surface area contributed by atoms with E-state index in [1.807, 2.05) is 31.3 Å². The Morgan fingerprint density at radius 2 is 2.00 bits per heavy atom. The Hall–Kier alpha value is -1.00. The summed E-state index contributed by atoms with van der Waals surface area (Å²) < 4.78 is 2.96. The summed E-state index contributed by atoms with van der Waals surface area (Å²) >= 11 is 1.54. The van der Waals surface area contributed by atoms with Crippen molar-refractivity contribution in [1.82, 2.24) is 4.72 Å². The molecular weight excluding hydrogens is 172 g/mol. The number of hydrogen-bond acceptors (Lipinski definition) is 3. The summed E-state index contributed by atoms with van der Waals surface area (Å²) in [4.78, 5) is 11.2. The third-order valence-corrected chi connectivity index (χ3v) is 2.01. The van der Waals surface area contributed by atoms with Crippen molar-refractivity contribution in [1.29, 1.82) is 0 Å². The van der Waals surface area contributed by atoms with Gasteiger partial charge in [0.25, 0.3) is 0 Å². The first-order valence-electron chi connectivity index (χ1n) is 3.50. The molecule has 1 rings (SSSR count). The molecule has 64 valence electrons. The molecule has 1 aromatic carbocycles. The first kappa shape index (κ1) is 9.09. The molecule has 1 amide bonds. The molecule has 1 aromatic rings. The van der Waals surface area contributed by atoms with Crippen molar-refractivity contribution in [3.8, 4) is 0 Å². The van der Waals surface area contributed by atoms with Gasteiger partial charge in [0, 0.05) is 10.6 Å². The molecule has 3 nitrogen and oxygen atoms in total. The minimum atomic E-state index is 0.667. The van der Waals surface area contributed by atoms with Crippen molar-refractivity contribution in [2.45, 2.75) is 4.90 Å². The van der Waals surface area contributed by atoms with Gasteiger partial charge in [-0.25, -0.2) is 0 Å². The van der Waals surface area contributed by atoms with Crippen molar-refractivity contribution in [3.63, 3.8) is 0 Å². The van der Waals surface area contributed by atoms with Crippen LogP contribution in [0.2, 0.25) is 0 Å². The Morgan fingerprint density at radius 3 is 2.50 bits per heavy atom. The van der Waals surface area contributed by atoms with Crippen molar-refractivity contribution >= 4 is 24.0 Å². The highest BCUT2D eigenvalue weighted by atomic mass is 32.2. The average Bonchev–Trinajstić information content (AvgIpc) is 2.09. The minimum Gasteiger partial charge on any atom is -0.329 e. The zero-order valence-electron chi connectivity index (χ0n) is 6.70. The lowest BCUT2D eigenvalue weighted by molar-refractivity contribution is -0.105. The van der Waals surface area contributed by atoms with Crippen molar-refractivity contribution in [2.24, 2.45) is 0 Å². The van der Waals surface area contributed by atoms with E-state index >= 15 is 0 Å². The summed E-state index contributed by atoms with van der Waals surface area (Å²) in [6.07, 6.45) is 0.667. The van der Waals surface area contributed by atoms with Gasteiger partial charge in [0.05, 0.1) is 0 Å². The minimum absolute atomic E-state index is 0.667. The number of carbonyl (C=O) groups is 1. The van der Waals surface area contributed by atoms with Crippen LogP contribution in [0.3, 0.4) is 0 Å². The van der Waals surface area contributed by atoms with Gasteiger partial charge in [-0.15, -0.1) is 0 Å². The molecule has 2 N–H and O–H groups in total. The molecule has 0 aliphatic carbocycles. The molecule has 12 heavy (non-hydrogen) atoms. The van der Waals surface area contributed by atoms with Gasteiger partial charge in [0.15, 0.2) is 0 Å². The number of anilines is 1. The second-order valence-electron chi connectivity index (χ2n) is 2.09. The standard InChI is InChI=1S/C8H10N2OS/c1-9-12-8-4-2-7(3-5-8)10-6-11/h2-6,9H,1H3,(H,10,11). The summed E-state index contributed by atoms with van der Waals surface area (Å²) in [5.41, 5.74) is 0.811. The predicted octanol–water partition coefficient (Wildman–Crippen LogP) is 1.48. The van der Waals surface area contributed by atoms with Crippen LogP contribution < -0.4 is 10.0 Å². The predicted molar refractivity (Wildman–Crippen MR) is 51.0 cm³/mol. The summed E-state index contributed by atoms with van der Waals surface area (Å²) in [6.45, 7) is 0. The lowest BCUT2D eigenvalue weighted by Gasteiger charge is -2.00. The summed E-state index contributed by atoms with van der Waals surface area (Å²) in [7, 11) is 1.86. The summed E-state index contributed by atoms with van der Waals surface area (Å²) in [6, 6.07) is 7.59. The Kier molecular flexibility index (Phi) is 3.63. The summed E-state index contributed by atoms with van der Waals surface area (Å²) in [5.74, 6) is 0. The Balaban J connectivity index is 2.64. The Morgan fingerprint density at radius 1 is 1.33 bits per heavy atom. The van der Waals surface area contributed by atoms with Crippen molar-refractivity contribution < 1.29 is 4.79 Å². The van der Waals surface area contributed by atoms with E-state index in [2.05, 4.69) is 10.0 Å². The third kappa shape index (κ3) is 2.56. The van der Waals surface area contributed by atoms with Gasteiger partial charge in [-0.1, -0.05) is 0 Å². The van der Waals surface area contributed by atoms with Gasteiger partial charge in [-0.2, -0.15) is 0 Å². The number of carbonyl (C=O) groups excluding carboxylic acids is 1. The Labute approximate surface area is 75.7 Å². The number of amides is 1. The van der Waals surface area contributed by atoms with E-state index in [1.54, 1.807) is 0 Å². The molecular formula is C8H10N2OS. The quantitative estimate of drug-likeness (QED) is 0.547. The van der Waals surface area contributed by atoms with E-state index in [-0.39, 0.29) is 0 Å². The molecule has 0 heterocycles. The van der Waals surface area contributed by atoms with Crippen LogP contribution in [0.4, 0.5) is 5.69 Å². The van der Waals surface area contributed by atoms with E-state index in [4.69, 9.17) is 0 Å². The molecule has 0 saturated heterocycles. The van der Waals surface area contributed by atoms with Crippen LogP contribution in [0.5, 0.6) is 0 Å². The molecule has 0 atom stereocenters. The maximum Gasteiger partial charge on any atom is 0.211 e. The van der Waals surface area contributed by atoms with E-state index in [9.17, 15) is 4.79 Å². The highest BCUT2D eigenvalue weighted by molar-refractivity contribution is 7.97. The van der Waals surface area contributed by atoms with Crippen LogP contribution in [-0.4, -0.2) is 13.5 Å². The average molecular weight is 182 g/mol. The van der Waals surface area contributed by atoms with Gasteiger partial charge >= 0.3 is 0 Å². The zero-order chi connectivity index (χ0) is 8.81. The van der Waals surface area contributed by atoms with E-state index in [1.165, 1.54) is 11.9 Å². The second kappa shape index (κ2) is 4.79. The van der Waals surface area contributed by atoms with Crippen LogP contribution in [0.1, 0.15) is 0 Å². The summed E-state index contributed by atoms with van der Waals surface area (Å²) in [5, 5.41) is 2.57. The fourth-order valence-electron chi connectivity index (χ4n) is 0.805. The first-order chi connectivity index (χ1) is 5.86. The number of hydrogen-bond donors (Lipinski definition) is 2. The molecule has 0 unspecified atom stereocenters. The SMILES string of the molecule is CNSc1ccc(NC=O)cc1. The largest absolute Gasteiger partial charge is 0.329 e. The van der Waals surface area contributed by atoms with Gasteiger partial charge in [0.2, 0.25) is 6.41 Å². The van der Waals surface area contributed by atoms with Gasteiger partial charge in [0.1, 0.15) is 0 Å². The van der Waals surface area contributed by atoms with Gasteiger partial charge < -0.3 is 5.32 Å². The lowest BCUT2D eigenvalue weighted by atomic mass is 10.3.